The zero-order chi connectivity index (χ0) is 24.4. The van der Waals surface area contributed by atoms with Crippen LogP contribution >= 0.6 is 23.2 Å². The second-order valence-electron chi connectivity index (χ2n) is 8.12. The molecule has 34 heavy (non-hydrogen) atoms. The molecule has 0 saturated carbocycles. The van der Waals surface area contributed by atoms with Crippen LogP contribution in [0.4, 0.5) is 10.5 Å². The van der Waals surface area contributed by atoms with Crippen molar-refractivity contribution in [3.05, 3.63) is 93.2 Å². The van der Waals surface area contributed by atoms with Gasteiger partial charge in [0.25, 0.3) is 11.8 Å². The molecular weight excluding hydrogens is 473 g/mol. The van der Waals surface area contributed by atoms with Crippen LogP contribution in [0.2, 0.25) is 10.0 Å². The lowest BCUT2D eigenvalue weighted by molar-refractivity contribution is -0.122. The van der Waals surface area contributed by atoms with E-state index in [1.807, 2.05) is 16.7 Å². The molecule has 2 aromatic carbocycles. The maximum atomic E-state index is 13.3. The van der Waals surface area contributed by atoms with Gasteiger partial charge in [-0.2, -0.15) is 0 Å². The topological polar surface area (TPSA) is 71.4 Å². The highest BCUT2D eigenvalue weighted by Crippen LogP contribution is 2.28. The number of carbonyl (C=O) groups is 3. The Morgan fingerprint density at radius 3 is 2.29 bits per heavy atom. The normalized spacial score (nSPS) is 16.2. The van der Waals surface area contributed by atoms with Crippen molar-refractivity contribution in [3.8, 4) is 0 Å². The van der Waals surface area contributed by atoms with Crippen molar-refractivity contribution in [1.82, 2.24) is 9.88 Å². The van der Waals surface area contributed by atoms with E-state index in [0.717, 1.165) is 22.4 Å². The summed E-state index contributed by atoms with van der Waals surface area (Å²) in [5.74, 6) is -1.07. The van der Waals surface area contributed by atoms with Crippen LogP contribution in [0.25, 0.3) is 6.08 Å². The minimum absolute atomic E-state index is 0.143. The third-order valence-corrected chi connectivity index (χ3v) is 6.69. The lowest BCUT2D eigenvalue weighted by Crippen LogP contribution is -2.54. The van der Waals surface area contributed by atoms with Crippen molar-refractivity contribution in [2.75, 3.05) is 4.90 Å². The number of anilines is 1. The summed E-state index contributed by atoms with van der Waals surface area (Å²) in [6.45, 7) is 4.55. The first-order valence-electron chi connectivity index (χ1n) is 10.9. The fraction of sp³-hybridized carbons (Fsp3) is 0.192. The molecule has 0 unspecified atom stereocenters. The molecule has 174 valence electrons. The Morgan fingerprint density at radius 1 is 0.971 bits per heavy atom. The molecule has 1 N–H and O–H groups in total. The van der Waals surface area contributed by atoms with Gasteiger partial charge in [0, 0.05) is 27.5 Å². The Labute approximate surface area is 207 Å². The van der Waals surface area contributed by atoms with Gasteiger partial charge in [0.1, 0.15) is 5.57 Å². The van der Waals surface area contributed by atoms with Crippen LogP contribution in [0.5, 0.6) is 0 Å². The van der Waals surface area contributed by atoms with Crippen molar-refractivity contribution >= 4 is 52.8 Å². The van der Waals surface area contributed by atoms with Crippen LogP contribution in [0.3, 0.4) is 0 Å². The molecule has 1 aliphatic rings. The van der Waals surface area contributed by atoms with Gasteiger partial charge >= 0.3 is 6.03 Å². The van der Waals surface area contributed by atoms with Gasteiger partial charge < -0.3 is 4.57 Å². The molecule has 0 spiro atoms. The summed E-state index contributed by atoms with van der Waals surface area (Å²) in [5, 5.41) is 3.30. The van der Waals surface area contributed by atoms with E-state index in [0.29, 0.717) is 33.9 Å². The summed E-state index contributed by atoms with van der Waals surface area (Å²) in [4.78, 5) is 39.3. The Bertz CT molecular complexity index is 1270. The standard InChI is InChI=1S/C26H23Cl2N3O3/c1-3-16(2)17-9-11-18(12-10-17)31-25(33)20(24(32)29-26(31)34)14-19-6-5-13-30(19)15-21-22(27)7-4-8-23(21)28/h4-14,16H,3,15H2,1-2H3,(H,29,32,34)/b20-14+/t16-/m1/s1. The fourth-order valence-corrected chi connectivity index (χ4v) is 4.30. The smallest absolute Gasteiger partial charge is 0.335 e. The first-order chi connectivity index (χ1) is 16.3. The van der Waals surface area contributed by atoms with Crippen LogP contribution in [0.1, 0.15) is 43.0 Å². The Kier molecular flexibility index (Phi) is 6.91. The monoisotopic (exact) mass is 495 g/mol. The quantitative estimate of drug-likeness (QED) is 0.335. The van der Waals surface area contributed by atoms with Crippen LogP contribution in [-0.2, 0) is 16.1 Å². The number of urea groups is 1. The van der Waals surface area contributed by atoms with Crippen molar-refractivity contribution in [2.24, 2.45) is 0 Å². The molecule has 1 saturated heterocycles. The number of carbonyl (C=O) groups excluding carboxylic acids is 3. The van der Waals surface area contributed by atoms with Crippen molar-refractivity contribution in [1.29, 1.82) is 0 Å². The summed E-state index contributed by atoms with van der Waals surface area (Å²) in [6, 6.07) is 15.3. The van der Waals surface area contributed by atoms with Gasteiger partial charge in [-0.05, 0) is 60.4 Å². The second-order valence-corrected chi connectivity index (χ2v) is 8.93. The van der Waals surface area contributed by atoms with Crippen LogP contribution in [0, 0.1) is 0 Å². The van der Waals surface area contributed by atoms with Crippen LogP contribution in [0.15, 0.2) is 66.4 Å². The fourth-order valence-electron chi connectivity index (χ4n) is 3.78. The summed E-state index contributed by atoms with van der Waals surface area (Å²) in [6.07, 6.45) is 4.24. The number of imide groups is 2. The summed E-state index contributed by atoms with van der Waals surface area (Å²) in [7, 11) is 0. The minimum atomic E-state index is -0.776. The number of hydrogen-bond donors (Lipinski definition) is 1. The summed E-state index contributed by atoms with van der Waals surface area (Å²) in [5.41, 5.74) is 2.68. The lowest BCUT2D eigenvalue weighted by Gasteiger charge is -2.26. The average molecular weight is 496 g/mol. The number of hydrogen-bond acceptors (Lipinski definition) is 3. The summed E-state index contributed by atoms with van der Waals surface area (Å²) >= 11 is 12.6. The van der Waals surface area contributed by atoms with Gasteiger partial charge in [0.15, 0.2) is 0 Å². The number of barbiturate groups is 1. The second kappa shape index (κ2) is 9.87. The number of nitrogens with one attached hydrogen (secondary N) is 1. The lowest BCUT2D eigenvalue weighted by atomic mass is 9.98. The highest BCUT2D eigenvalue weighted by molar-refractivity contribution is 6.39. The highest BCUT2D eigenvalue weighted by atomic mass is 35.5. The number of benzene rings is 2. The third-order valence-electron chi connectivity index (χ3n) is 5.98. The van der Waals surface area contributed by atoms with E-state index in [9.17, 15) is 14.4 Å². The number of rotatable bonds is 6. The molecule has 2 heterocycles. The van der Waals surface area contributed by atoms with Gasteiger partial charge in [0.05, 0.1) is 12.2 Å². The molecule has 1 aromatic heterocycles. The predicted molar refractivity (Wildman–Crippen MR) is 134 cm³/mol. The van der Waals surface area contributed by atoms with E-state index < -0.39 is 17.8 Å². The van der Waals surface area contributed by atoms with Gasteiger partial charge in [-0.25, -0.2) is 9.69 Å². The molecule has 0 radical (unpaired) electrons. The molecule has 3 aromatic rings. The first kappa shape index (κ1) is 23.8. The first-order valence-corrected chi connectivity index (χ1v) is 11.6. The van der Waals surface area contributed by atoms with E-state index in [-0.39, 0.29) is 5.57 Å². The number of aromatic nitrogens is 1. The number of nitrogens with zero attached hydrogens (tertiary/aromatic N) is 2. The van der Waals surface area contributed by atoms with E-state index in [1.165, 1.54) is 6.08 Å². The summed E-state index contributed by atoms with van der Waals surface area (Å²) < 4.78 is 1.82. The molecule has 1 aliphatic heterocycles. The SMILES string of the molecule is CC[C@@H](C)c1ccc(N2C(=O)NC(=O)/C(=C\c3cccn3Cc3c(Cl)cccc3Cl)C2=O)cc1. The average Bonchev–Trinajstić information content (AvgIpc) is 3.25. The van der Waals surface area contributed by atoms with Crippen LogP contribution < -0.4 is 10.2 Å². The van der Waals surface area contributed by atoms with Gasteiger partial charge in [-0.15, -0.1) is 0 Å². The largest absolute Gasteiger partial charge is 0.343 e. The van der Waals surface area contributed by atoms with E-state index in [1.54, 1.807) is 48.7 Å². The maximum absolute atomic E-state index is 13.3. The molecule has 0 aliphatic carbocycles. The van der Waals surface area contributed by atoms with Gasteiger partial charge in [-0.3, -0.25) is 14.9 Å². The molecule has 1 atom stereocenters. The highest BCUT2D eigenvalue weighted by Gasteiger charge is 2.37. The Hall–Kier alpha value is -3.35. The van der Waals surface area contributed by atoms with Gasteiger partial charge in [0.2, 0.25) is 0 Å². The zero-order valence-electron chi connectivity index (χ0n) is 18.7. The van der Waals surface area contributed by atoms with Gasteiger partial charge in [-0.1, -0.05) is 55.2 Å². The molecule has 6 nitrogen and oxygen atoms in total. The van der Waals surface area contributed by atoms with Crippen molar-refractivity contribution in [3.63, 3.8) is 0 Å². The molecule has 4 rings (SSSR count). The minimum Gasteiger partial charge on any atom is -0.343 e. The molecule has 0 bridgehead atoms. The van der Waals surface area contributed by atoms with E-state index >= 15 is 0 Å². The molecule has 4 amide bonds. The molecular formula is C26H23Cl2N3O3. The number of halogens is 2. The Balaban J connectivity index is 1.65. The third kappa shape index (κ3) is 4.65. The number of amides is 4. The van der Waals surface area contributed by atoms with Crippen molar-refractivity contribution in [2.45, 2.75) is 32.7 Å². The van der Waals surface area contributed by atoms with E-state index in [2.05, 4.69) is 19.2 Å². The van der Waals surface area contributed by atoms with E-state index in [4.69, 9.17) is 23.2 Å². The Morgan fingerprint density at radius 2 is 1.65 bits per heavy atom. The predicted octanol–water partition coefficient (Wildman–Crippen LogP) is 6.02. The van der Waals surface area contributed by atoms with Crippen LogP contribution in [-0.4, -0.2) is 22.4 Å². The molecule has 8 heteroatoms. The maximum Gasteiger partial charge on any atom is 0.335 e. The molecule has 1 fully saturated rings. The van der Waals surface area contributed by atoms with Crippen molar-refractivity contribution < 1.29 is 14.4 Å². The zero-order valence-corrected chi connectivity index (χ0v) is 20.2.